The van der Waals surface area contributed by atoms with Crippen LogP contribution in [0.25, 0.3) is 0 Å². The zero-order chi connectivity index (χ0) is 13.5. The van der Waals surface area contributed by atoms with E-state index >= 15 is 0 Å². The van der Waals surface area contributed by atoms with E-state index in [0.717, 1.165) is 44.9 Å². The quantitative estimate of drug-likeness (QED) is 0.774. The van der Waals surface area contributed by atoms with Gasteiger partial charge in [-0.05, 0) is 32.9 Å². The molecule has 0 aliphatic carbocycles. The summed E-state index contributed by atoms with van der Waals surface area (Å²) in [7, 11) is 4.24. The number of piperidine rings is 1. The van der Waals surface area contributed by atoms with Crippen LogP contribution in [0, 0.1) is 5.92 Å². The van der Waals surface area contributed by atoms with Crippen LogP contribution in [0.2, 0.25) is 0 Å². The summed E-state index contributed by atoms with van der Waals surface area (Å²) in [5, 5.41) is 3.30. The van der Waals surface area contributed by atoms with Crippen LogP contribution in [-0.2, 0) is 4.79 Å². The molecule has 1 rings (SSSR count). The molecule has 1 saturated heterocycles. The number of rotatable bonds is 6. The predicted molar refractivity (Wildman–Crippen MR) is 75.6 cm³/mol. The van der Waals surface area contributed by atoms with Crippen molar-refractivity contribution < 1.29 is 4.79 Å². The molecule has 0 unspecified atom stereocenters. The van der Waals surface area contributed by atoms with Gasteiger partial charge in [0.25, 0.3) is 0 Å². The zero-order valence-corrected chi connectivity index (χ0v) is 12.4. The first-order valence-electron chi connectivity index (χ1n) is 7.15. The first-order chi connectivity index (χ1) is 8.49. The highest BCUT2D eigenvalue weighted by Gasteiger charge is 2.22. The molecule has 1 amide bonds. The molecular weight excluding hydrogens is 226 g/mol. The molecule has 4 heteroatoms. The third kappa shape index (κ3) is 5.83. The summed E-state index contributed by atoms with van der Waals surface area (Å²) in [6, 6.07) is 0.462. The van der Waals surface area contributed by atoms with Gasteiger partial charge >= 0.3 is 0 Å². The number of carbonyl (C=O) groups is 1. The minimum Gasteiger partial charge on any atom is -0.343 e. The third-order valence-electron chi connectivity index (χ3n) is 3.48. The number of likely N-dealkylation sites (tertiary alicyclic amines) is 1. The summed E-state index contributed by atoms with van der Waals surface area (Å²) < 4.78 is 0. The Bertz CT molecular complexity index is 245. The van der Waals surface area contributed by atoms with Crippen LogP contribution in [-0.4, -0.2) is 62.0 Å². The topological polar surface area (TPSA) is 35.6 Å². The molecule has 0 atom stereocenters. The lowest BCUT2D eigenvalue weighted by atomic mass is 9.96. The summed E-state index contributed by atoms with van der Waals surface area (Å²) >= 11 is 0. The maximum atomic E-state index is 12.0. The van der Waals surface area contributed by atoms with Gasteiger partial charge in [0.2, 0.25) is 5.91 Å². The van der Waals surface area contributed by atoms with Crippen molar-refractivity contribution in [3.05, 3.63) is 0 Å². The van der Waals surface area contributed by atoms with Gasteiger partial charge in [-0.1, -0.05) is 13.8 Å². The number of nitrogens with zero attached hydrogens (tertiary/aromatic N) is 2. The molecule has 0 bridgehead atoms. The molecule has 0 aromatic carbocycles. The van der Waals surface area contributed by atoms with Crippen LogP contribution >= 0.6 is 0 Å². The lowest BCUT2D eigenvalue weighted by Crippen LogP contribution is -2.41. The van der Waals surface area contributed by atoms with E-state index in [4.69, 9.17) is 0 Å². The van der Waals surface area contributed by atoms with Crippen molar-refractivity contribution in [1.82, 2.24) is 15.1 Å². The average molecular weight is 255 g/mol. The third-order valence-corrected chi connectivity index (χ3v) is 3.48. The van der Waals surface area contributed by atoms with Crippen molar-refractivity contribution in [2.75, 3.05) is 40.3 Å². The number of carbonyl (C=O) groups excluding carboxylic acids is 1. The molecule has 1 aliphatic heterocycles. The van der Waals surface area contributed by atoms with Gasteiger partial charge in [-0.3, -0.25) is 4.79 Å². The molecule has 0 spiro atoms. The van der Waals surface area contributed by atoms with Gasteiger partial charge in [-0.2, -0.15) is 0 Å². The van der Waals surface area contributed by atoms with E-state index in [9.17, 15) is 4.79 Å². The molecule has 1 N–H and O–H groups in total. The fourth-order valence-electron chi connectivity index (χ4n) is 2.51. The first kappa shape index (κ1) is 15.4. The Balaban J connectivity index is 2.19. The van der Waals surface area contributed by atoms with Gasteiger partial charge in [-0.25, -0.2) is 0 Å². The predicted octanol–water partition coefficient (Wildman–Crippen LogP) is 1.17. The summed E-state index contributed by atoms with van der Waals surface area (Å²) in [6.07, 6.45) is 2.94. The van der Waals surface area contributed by atoms with E-state index in [1.807, 2.05) is 4.90 Å². The van der Waals surface area contributed by atoms with Gasteiger partial charge in [0.05, 0.1) is 0 Å². The van der Waals surface area contributed by atoms with Crippen molar-refractivity contribution in [2.45, 2.75) is 39.2 Å². The summed E-state index contributed by atoms with van der Waals surface area (Å²) in [5.41, 5.74) is 0. The lowest BCUT2D eigenvalue weighted by Gasteiger charge is -2.33. The van der Waals surface area contributed by atoms with Gasteiger partial charge < -0.3 is 15.1 Å². The number of hydrogen-bond acceptors (Lipinski definition) is 3. The van der Waals surface area contributed by atoms with Crippen molar-refractivity contribution in [2.24, 2.45) is 5.92 Å². The maximum Gasteiger partial charge on any atom is 0.223 e. The standard InChI is InChI=1S/C14H29N3O/c1-12(2)15-8-5-14(18)17-9-6-13(7-10-17)11-16(3)4/h12-13,15H,5-11H2,1-4H3. The van der Waals surface area contributed by atoms with E-state index in [1.165, 1.54) is 0 Å². The molecule has 0 aromatic heterocycles. The second kappa shape index (κ2) is 7.74. The molecule has 0 aromatic rings. The van der Waals surface area contributed by atoms with Crippen LogP contribution in [0.4, 0.5) is 0 Å². The Morgan fingerprint density at radius 1 is 1.33 bits per heavy atom. The lowest BCUT2D eigenvalue weighted by molar-refractivity contribution is -0.132. The van der Waals surface area contributed by atoms with Gasteiger partial charge in [0, 0.05) is 38.6 Å². The Kier molecular flexibility index (Phi) is 6.65. The molecule has 0 saturated carbocycles. The van der Waals surface area contributed by atoms with Crippen LogP contribution in [0.15, 0.2) is 0 Å². The molecule has 18 heavy (non-hydrogen) atoms. The van der Waals surface area contributed by atoms with E-state index in [1.54, 1.807) is 0 Å². The van der Waals surface area contributed by atoms with Gasteiger partial charge in [0.15, 0.2) is 0 Å². The van der Waals surface area contributed by atoms with Crippen LogP contribution < -0.4 is 5.32 Å². The van der Waals surface area contributed by atoms with E-state index in [2.05, 4.69) is 38.2 Å². The molecule has 1 aliphatic rings. The molecular formula is C14H29N3O. The smallest absolute Gasteiger partial charge is 0.223 e. The van der Waals surface area contributed by atoms with Crippen molar-refractivity contribution in [3.63, 3.8) is 0 Å². The molecule has 4 nitrogen and oxygen atoms in total. The number of amides is 1. The minimum absolute atomic E-state index is 0.312. The zero-order valence-electron chi connectivity index (χ0n) is 12.4. The van der Waals surface area contributed by atoms with E-state index in [-0.39, 0.29) is 0 Å². The van der Waals surface area contributed by atoms with Gasteiger partial charge in [0.1, 0.15) is 0 Å². The van der Waals surface area contributed by atoms with Crippen molar-refractivity contribution in [1.29, 1.82) is 0 Å². The Morgan fingerprint density at radius 3 is 2.44 bits per heavy atom. The van der Waals surface area contributed by atoms with Crippen LogP contribution in [0.3, 0.4) is 0 Å². The Labute approximate surface area is 112 Å². The van der Waals surface area contributed by atoms with Crippen LogP contribution in [0.1, 0.15) is 33.1 Å². The highest BCUT2D eigenvalue weighted by molar-refractivity contribution is 5.76. The number of hydrogen-bond donors (Lipinski definition) is 1. The average Bonchev–Trinajstić information content (AvgIpc) is 2.28. The Morgan fingerprint density at radius 2 is 1.94 bits per heavy atom. The molecule has 0 radical (unpaired) electrons. The molecule has 1 fully saturated rings. The Hall–Kier alpha value is -0.610. The van der Waals surface area contributed by atoms with Crippen molar-refractivity contribution in [3.8, 4) is 0 Å². The number of nitrogens with one attached hydrogen (secondary N) is 1. The summed E-state index contributed by atoms with van der Waals surface area (Å²) in [5.74, 6) is 1.07. The van der Waals surface area contributed by atoms with Crippen LogP contribution in [0.5, 0.6) is 0 Å². The highest BCUT2D eigenvalue weighted by atomic mass is 16.2. The van der Waals surface area contributed by atoms with E-state index in [0.29, 0.717) is 18.4 Å². The van der Waals surface area contributed by atoms with Gasteiger partial charge in [-0.15, -0.1) is 0 Å². The largest absolute Gasteiger partial charge is 0.343 e. The summed E-state index contributed by atoms with van der Waals surface area (Å²) in [6.45, 7) is 8.05. The fraction of sp³-hybridized carbons (Fsp3) is 0.929. The normalized spacial score (nSPS) is 17.8. The SMILES string of the molecule is CC(C)NCCC(=O)N1CCC(CN(C)C)CC1. The first-order valence-corrected chi connectivity index (χ1v) is 7.15. The summed E-state index contributed by atoms with van der Waals surface area (Å²) in [4.78, 5) is 16.3. The fourth-order valence-corrected chi connectivity index (χ4v) is 2.51. The van der Waals surface area contributed by atoms with E-state index < -0.39 is 0 Å². The maximum absolute atomic E-state index is 12.0. The minimum atomic E-state index is 0.312. The highest BCUT2D eigenvalue weighted by Crippen LogP contribution is 2.18. The second-order valence-corrected chi connectivity index (χ2v) is 5.95. The van der Waals surface area contributed by atoms with Crippen molar-refractivity contribution >= 4 is 5.91 Å². The molecule has 106 valence electrons. The monoisotopic (exact) mass is 255 g/mol. The molecule has 1 heterocycles. The second-order valence-electron chi connectivity index (χ2n) is 5.95.